The molecule has 9 nitrogen and oxygen atoms in total. The molecule has 2 aromatic heterocycles. The van der Waals surface area contributed by atoms with Crippen molar-refractivity contribution in [3.63, 3.8) is 0 Å². The van der Waals surface area contributed by atoms with E-state index >= 15 is 0 Å². The van der Waals surface area contributed by atoms with Crippen molar-refractivity contribution < 1.29 is 23.8 Å². The summed E-state index contributed by atoms with van der Waals surface area (Å²) in [4.78, 5) is 33.9. The van der Waals surface area contributed by atoms with Crippen LogP contribution in [0.25, 0.3) is 0 Å². The van der Waals surface area contributed by atoms with Gasteiger partial charge in [0.05, 0.1) is 37.0 Å². The fraction of sp³-hybridized carbons (Fsp3) is 0.227. The van der Waals surface area contributed by atoms with E-state index in [2.05, 4.69) is 15.1 Å². The molecule has 1 aromatic carbocycles. The molecule has 3 heterocycles. The van der Waals surface area contributed by atoms with Crippen LogP contribution >= 0.6 is 11.3 Å². The molecular formula is C22H20N4O5S. The molecule has 32 heavy (non-hydrogen) atoms. The second kappa shape index (κ2) is 9.56. The minimum Gasteiger partial charge on any atom is -0.493 e. The number of amides is 1. The largest absolute Gasteiger partial charge is 0.493 e. The average Bonchev–Trinajstić information content (AvgIpc) is 3.52. The SMILES string of the molecule is COc1ccc([C@H]2CC(c3cccs3)=NN2C(=O)COC(=O)c2cnccn2)cc1OC. The summed E-state index contributed by atoms with van der Waals surface area (Å²) >= 11 is 1.55. The number of thiophene rings is 1. The Bertz CT molecular complexity index is 1130. The lowest BCUT2D eigenvalue weighted by atomic mass is 10.0. The molecule has 0 unspecified atom stereocenters. The van der Waals surface area contributed by atoms with Crippen molar-refractivity contribution in [2.45, 2.75) is 12.5 Å². The third-order valence-corrected chi connectivity index (χ3v) is 5.78. The van der Waals surface area contributed by atoms with Crippen LogP contribution in [0.1, 0.15) is 33.4 Å². The van der Waals surface area contributed by atoms with Gasteiger partial charge in [-0.1, -0.05) is 12.1 Å². The van der Waals surface area contributed by atoms with E-state index in [0.29, 0.717) is 17.9 Å². The highest BCUT2D eigenvalue weighted by Crippen LogP contribution is 2.37. The van der Waals surface area contributed by atoms with Gasteiger partial charge in [0.1, 0.15) is 0 Å². The first-order chi connectivity index (χ1) is 15.6. The second-order valence-corrected chi connectivity index (χ2v) is 7.71. The van der Waals surface area contributed by atoms with E-state index < -0.39 is 18.5 Å². The van der Waals surface area contributed by atoms with Gasteiger partial charge in [0.25, 0.3) is 5.91 Å². The highest BCUT2D eigenvalue weighted by molar-refractivity contribution is 7.12. The molecule has 0 N–H and O–H groups in total. The Hall–Kier alpha value is -3.79. The summed E-state index contributed by atoms with van der Waals surface area (Å²) in [7, 11) is 3.12. The van der Waals surface area contributed by atoms with Crippen molar-refractivity contribution >= 4 is 28.9 Å². The molecule has 0 saturated carbocycles. The lowest BCUT2D eigenvalue weighted by molar-refractivity contribution is -0.136. The number of carbonyl (C=O) groups excluding carboxylic acids is 2. The van der Waals surface area contributed by atoms with Crippen molar-refractivity contribution in [1.82, 2.24) is 15.0 Å². The van der Waals surface area contributed by atoms with Gasteiger partial charge in [-0.25, -0.2) is 14.8 Å². The Kier molecular flexibility index (Phi) is 6.41. The summed E-state index contributed by atoms with van der Waals surface area (Å²) in [5.41, 5.74) is 1.64. The molecule has 0 fully saturated rings. The number of nitrogens with zero attached hydrogens (tertiary/aromatic N) is 4. The second-order valence-electron chi connectivity index (χ2n) is 6.76. The number of esters is 1. The quantitative estimate of drug-likeness (QED) is 0.508. The maximum absolute atomic E-state index is 13.0. The zero-order valence-electron chi connectivity index (χ0n) is 17.4. The van der Waals surface area contributed by atoms with Crippen molar-refractivity contribution in [2.75, 3.05) is 20.8 Å². The molecule has 10 heteroatoms. The fourth-order valence-corrected chi connectivity index (χ4v) is 4.04. The molecule has 1 aliphatic heterocycles. The zero-order valence-corrected chi connectivity index (χ0v) is 18.2. The fourth-order valence-electron chi connectivity index (χ4n) is 3.32. The smallest absolute Gasteiger partial charge is 0.359 e. The van der Waals surface area contributed by atoms with Crippen molar-refractivity contribution in [2.24, 2.45) is 5.10 Å². The first-order valence-electron chi connectivity index (χ1n) is 9.69. The minimum absolute atomic E-state index is 0.0286. The molecule has 0 saturated heterocycles. The number of ether oxygens (including phenoxy) is 3. The summed E-state index contributed by atoms with van der Waals surface area (Å²) in [6.07, 6.45) is 4.62. The highest BCUT2D eigenvalue weighted by atomic mass is 32.1. The molecule has 1 aliphatic rings. The van der Waals surface area contributed by atoms with E-state index in [9.17, 15) is 9.59 Å². The maximum Gasteiger partial charge on any atom is 0.359 e. The monoisotopic (exact) mass is 452 g/mol. The number of methoxy groups -OCH3 is 2. The number of benzene rings is 1. The number of aromatic nitrogens is 2. The van der Waals surface area contributed by atoms with Gasteiger partial charge in [-0.3, -0.25) is 9.78 Å². The third kappa shape index (κ3) is 4.45. The van der Waals surface area contributed by atoms with Gasteiger partial charge in [0.15, 0.2) is 23.8 Å². The Labute approximate surface area is 188 Å². The van der Waals surface area contributed by atoms with Crippen LogP contribution in [0.3, 0.4) is 0 Å². The van der Waals surface area contributed by atoms with Crippen LogP contribution in [0.15, 0.2) is 59.4 Å². The first kappa shape index (κ1) is 21.4. The summed E-state index contributed by atoms with van der Waals surface area (Å²) in [5.74, 6) is -0.0372. The normalized spacial score (nSPS) is 15.2. The first-order valence-corrected chi connectivity index (χ1v) is 10.6. The predicted molar refractivity (Wildman–Crippen MR) is 117 cm³/mol. The van der Waals surface area contributed by atoms with E-state index in [1.54, 1.807) is 31.6 Å². The van der Waals surface area contributed by atoms with Crippen molar-refractivity contribution in [1.29, 1.82) is 0 Å². The van der Waals surface area contributed by atoms with E-state index in [-0.39, 0.29) is 11.7 Å². The van der Waals surface area contributed by atoms with Crippen LogP contribution < -0.4 is 9.47 Å². The average molecular weight is 452 g/mol. The molecule has 0 spiro atoms. The molecule has 1 amide bonds. The summed E-state index contributed by atoms with van der Waals surface area (Å²) in [6.45, 7) is -0.472. The molecule has 0 aliphatic carbocycles. The van der Waals surface area contributed by atoms with Gasteiger partial charge in [0, 0.05) is 18.8 Å². The van der Waals surface area contributed by atoms with E-state index in [4.69, 9.17) is 14.2 Å². The van der Waals surface area contributed by atoms with Gasteiger partial charge in [-0.2, -0.15) is 5.10 Å². The molecule has 1 atom stereocenters. The van der Waals surface area contributed by atoms with Crippen LogP contribution in [-0.4, -0.2) is 53.4 Å². The Morgan fingerprint density at radius 1 is 1.16 bits per heavy atom. The summed E-state index contributed by atoms with van der Waals surface area (Å²) in [6, 6.07) is 8.98. The maximum atomic E-state index is 13.0. The van der Waals surface area contributed by atoms with Crippen molar-refractivity contribution in [3.05, 3.63) is 70.4 Å². The standard InChI is InChI=1S/C22H20N4O5S/c1-29-18-6-5-14(10-19(18)30-2)17-11-15(20-4-3-9-32-20)25-26(17)21(27)13-31-22(28)16-12-23-7-8-24-16/h3-10,12,17H,11,13H2,1-2H3/t17-/m1/s1. The lowest BCUT2D eigenvalue weighted by Crippen LogP contribution is -2.31. The number of hydrogen-bond acceptors (Lipinski definition) is 9. The zero-order chi connectivity index (χ0) is 22.5. The Morgan fingerprint density at radius 3 is 2.69 bits per heavy atom. The molecule has 0 radical (unpaired) electrons. The molecular weight excluding hydrogens is 432 g/mol. The van der Waals surface area contributed by atoms with Gasteiger partial charge >= 0.3 is 5.97 Å². The molecule has 0 bridgehead atoms. The number of carbonyl (C=O) groups is 2. The predicted octanol–water partition coefficient (Wildman–Crippen LogP) is 3.09. The van der Waals surface area contributed by atoms with Crippen LogP contribution in [0, 0.1) is 0 Å². The Balaban J connectivity index is 1.57. The van der Waals surface area contributed by atoms with Gasteiger partial charge in [-0.15, -0.1) is 11.3 Å². The summed E-state index contributed by atoms with van der Waals surface area (Å²) in [5, 5.41) is 7.87. The van der Waals surface area contributed by atoms with Gasteiger partial charge in [0.2, 0.25) is 0 Å². The lowest BCUT2D eigenvalue weighted by Gasteiger charge is -2.22. The van der Waals surface area contributed by atoms with E-state index in [1.165, 1.54) is 23.6 Å². The number of rotatable bonds is 7. The van der Waals surface area contributed by atoms with E-state index in [1.807, 2.05) is 29.6 Å². The Morgan fingerprint density at radius 2 is 2.00 bits per heavy atom. The van der Waals surface area contributed by atoms with Crippen LogP contribution in [-0.2, 0) is 9.53 Å². The van der Waals surface area contributed by atoms with Crippen LogP contribution in [0.2, 0.25) is 0 Å². The minimum atomic E-state index is -0.726. The third-order valence-electron chi connectivity index (χ3n) is 4.86. The van der Waals surface area contributed by atoms with Crippen LogP contribution in [0.5, 0.6) is 11.5 Å². The van der Waals surface area contributed by atoms with Crippen LogP contribution in [0.4, 0.5) is 0 Å². The number of hydrazone groups is 1. The van der Waals surface area contributed by atoms with Crippen molar-refractivity contribution in [3.8, 4) is 11.5 Å². The molecule has 164 valence electrons. The topological polar surface area (TPSA) is 103 Å². The molecule has 3 aromatic rings. The number of hydrogen-bond donors (Lipinski definition) is 0. The highest BCUT2D eigenvalue weighted by Gasteiger charge is 2.34. The molecule has 4 rings (SSSR count). The summed E-state index contributed by atoms with van der Waals surface area (Å²) < 4.78 is 15.9. The van der Waals surface area contributed by atoms with E-state index in [0.717, 1.165) is 16.2 Å². The van der Waals surface area contributed by atoms with Gasteiger partial charge < -0.3 is 14.2 Å². The van der Waals surface area contributed by atoms with Gasteiger partial charge in [-0.05, 0) is 29.1 Å².